The Kier molecular flexibility index (Phi) is 5.80. The zero-order valence-corrected chi connectivity index (χ0v) is 17.4. The molecule has 0 unspecified atom stereocenters. The van der Waals surface area contributed by atoms with E-state index in [-0.39, 0.29) is 5.91 Å². The van der Waals surface area contributed by atoms with E-state index in [1.54, 1.807) is 23.1 Å². The topological polar surface area (TPSA) is 67.8 Å². The normalized spacial score (nSPS) is 10.8. The van der Waals surface area contributed by atoms with E-state index in [0.717, 1.165) is 38.3 Å². The monoisotopic (exact) mass is 424 g/mol. The molecule has 0 spiro atoms. The van der Waals surface area contributed by atoms with Crippen molar-refractivity contribution in [3.8, 4) is 11.3 Å². The van der Waals surface area contributed by atoms with Gasteiger partial charge in [0.25, 0.3) is 5.91 Å². The first-order chi connectivity index (χ1) is 13.7. The van der Waals surface area contributed by atoms with E-state index >= 15 is 0 Å². The molecule has 2 heterocycles. The predicted octanol–water partition coefficient (Wildman–Crippen LogP) is 5.51. The van der Waals surface area contributed by atoms with Crippen molar-refractivity contribution in [3.05, 3.63) is 75.6 Å². The number of thiazole rings is 1. The fourth-order valence-corrected chi connectivity index (χ4v) is 4.53. The molecule has 28 heavy (non-hydrogen) atoms. The number of aryl methyl sites for hydroxylation is 1. The van der Waals surface area contributed by atoms with Crippen molar-refractivity contribution in [3.63, 3.8) is 0 Å². The van der Waals surface area contributed by atoms with Gasteiger partial charge in [-0.25, -0.2) is 4.98 Å². The maximum atomic E-state index is 12.5. The number of nitrogens with one attached hydrogen (secondary N) is 1. The zero-order valence-electron chi connectivity index (χ0n) is 15.0. The van der Waals surface area contributed by atoms with Gasteiger partial charge < -0.3 is 5.32 Å². The van der Waals surface area contributed by atoms with Gasteiger partial charge >= 0.3 is 0 Å². The first kappa shape index (κ1) is 18.8. The van der Waals surface area contributed by atoms with Crippen LogP contribution in [0.4, 0.5) is 5.69 Å². The lowest BCUT2D eigenvalue weighted by molar-refractivity contribution is 0.102. The first-order valence-electron chi connectivity index (χ1n) is 8.50. The molecule has 0 aliphatic carbocycles. The van der Waals surface area contributed by atoms with E-state index in [1.807, 2.05) is 60.8 Å². The number of carbonyl (C=O) groups excluding carboxylic acids is 1. The predicted molar refractivity (Wildman–Crippen MR) is 116 cm³/mol. The van der Waals surface area contributed by atoms with Crippen LogP contribution in [0.2, 0.25) is 0 Å². The maximum absolute atomic E-state index is 12.5. The van der Waals surface area contributed by atoms with Crippen LogP contribution in [-0.2, 0) is 5.75 Å². The molecule has 8 heteroatoms. The molecule has 0 aliphatic heterocycles. The maximum Gasteiger partial charge on any atom is 0.255 e. The van der Waals surface area contributed by atoms with Gasteiger partial charge in [0.1, 0.15) is 5.69 Å². The Morgan fingerprint density at radius 3 is 2.50 bits per heavy atom. The summed E-state index contributed by atoms with van der Waals surface area (Å²) in [7, 11) is 0. The minimum Gasteiger partial charge on any atom is -0.322 e. The molecule has 0 atom stereocenters. The third kappa shape index (κ3) is 4.64. The Bertz CT molecular complexity index is 1060. The molecule has 2 aromatic heterocycles. The van der Waals surface area contributed by atoms with Crippen LogP contribution < -0.4 is 5.32 Å². The molecule has 2 aromatic carbocycles. The highest BCUT2D eigenvalue weighted by Crippen LogP contribution is 2.24. The average molecular weight is 425 g/mol. The minimum absolute atomic E-state index is 0.130. The lowest BCUT2D eigenvalue weighted by Gasteiger charge is -2.07. The Labute approximate surface area is 175 Å². The number of carbonyl (C=O) groups is 1. The molecule has 0 saturated carbocycles. The lowest BCUT2D eigenvalue weighted by Crippen LogP contribution is -2.11. The van der Waals surface area contributed by atoms with Crippen molar-refractivity contribution in [2.75, 3.05) is 5.32 Å². The van der Waals surface area contributed by atoms with Crippen molar-refractivity contribution >= 4 is 46.2 Å². The molecule has 5 nitrogen and oxygen atoms in total. The molecule has 1 amide bonds. The number of hydrogen-bond acceptors (Lipinski definition) is 7. The molecule has 4 aromatic rings. The summed E-state index contributed by atoms with van der Waals surface area (Å²) in [6.07, 6.45) is 0. The summed E-state index contributed by atoms with van der Waals surface area (Å²) >= 11 is 4.69. The third-order valence-corrected chi connectivity index (χ3v) is 6.34. The van der Waals surface area contributed by atoms with Gasteiger partial charge in [0.05, 0.1) is 10.7 Å². The quantitative estimate of drug-likeness (QED) is 0.413. The van der Waals surface area contributed by atoms with Gasteiger partial charge in [-0.2, -0.15) is 0 Å². The summed E-state index contributed by atoms with van der Waals surface area (Å²) in [5.74, 6) is 0.700. The van der Waals surface area contributed by atoms with Crippen molar-refractivity contribution in [1.82, 2.24) is 14.6 Å². The molecule has 140 valence electrons. The Balaban J connectivity index is 1.35. The lowest BCUT2D eigenvalue weighted by atomic mass is 10.1. The fourth-order valence-electron chi connectivity index (χ4n) is 2.55. The van der Waals surface area contributed by atoms with E-state index in [0.29, 0.717) is 5.56 Å². The van der Waals surface area contributed by atoms with Gasteiger partial charge in [-0.3, -0.25) is 4.79 Å². The summed E-state index contributed by atoms with van der Waals surface area (Å²) < 4.78 is 3.86. The third-order valence-electron chi connectivity index (χ3n) is 3.97. The Morgan fingerprint density at radius 2 is 1.86 bits per heavy atom. The summed E-state index contributed by atoms with van der Waals surface area (Å²) in [6.45, 7) is 2.01. The van der Waals surface area contributed by atoms with E-state index in [4.69, 9.17) is 0 Å². The van der Waals surface area contributed by atoms with E-state index in [2.05, 4.69) is 25.3 Å². The molecule has 0 fully saturated rings. The molecule has 0 radical (unpaired) electrons. The molecular formula is C20H16N4OS3. The minimum atomic E-state index is -0.130. The van der Waals surface area contributed by atoms with Gasteiger partial charge in [0.15, 0.2) is 0 Å². The van der Waals surface area contributed by atoms with Crippen LogP contribution in [0.15, 0.2) is 64.2 Å². The number of rotatable bonds is 6. The van der Waals surface area contributed by atoms with E-state index in [9.17, 15) is 4.79 Å². The van der Waals surface area contributed by atoms with Crippen LogP contribution in [0.1, 0.15) is 21.1 Å². The van der Waals surface area contributed by atoms with Crippen molar-refractivity contribution < 1.29 is 4.79 Å². The van der Waals surface area contributed by atoms with Crippen molar-refractivity contribution in [2.45, 2.75) is 17.6 Å². The second-order valence-electron chi connectivity index (χ2n) is 5.99. The molecule has 4 rings (SSSR count). The van der Waals surface area contributed by atoms with Crippen LogP contribution in [0.3, 0.4) is 0 Å². The molecule has 0 bridgehead atoms. The number of aromatic nitrogens is 3. The molecule has 1 N–H and O–H groups in total. The first-order valence-corrected chi connectivity index (χ1v) is 11.2. The number of thioether (sulfide) groups is 1. The standard InChI is InChI=1S/C20H16N4OS3/c1-13-21-17(10-26-13)11-27-18-8-4-15(5-9-18)20(25)22-16-6-2-14(3-7-16)19-12-28-24-23-19/h2-10,12H,11H2,1H3,(H,22,25). The summed E-state index contributed by atoms with van der Waals surface area (Å²) in [6, 6.07) is 15.2. The van der Waals surface area contributed by atoms with Gasteiger partial charge in [0, 0.05) is 38.2 Å². The van der Waals surface area contributed by atoms with Gasteiger partial charge in [-0.05, 0) is 54.9 Å². The summed E-state index contributed by atoms with van der Waals surface area (Å²) in [5.41, 5.74) is 4.27. The average Bonchev–Trinajstić information content (AvgIpc) is 3.39. The van der Waals surface area contributed by atoms with Crippen LogP contribution in [0.5, 0.6) is 0 Å². The second-order valence-corrected chi connectivity index (χ2v) is 8.71. The molecule has 0 saturated heterocycles. The molecule has 0 aliphatic rings. The zero-order chi connectivity index (χ0) is 19.3. The molecular weight excluding hydrogens is 408 g/mol. The van der Waals surface area contributed by atoms with Crippen LogP contribution >= 0.6 is 34.6 Å². The smallest absolute Gasteiger partial charge is 0.255 e. The van der Waals surface area contributed by atoms with Gasteiger partial charge in [-0.1, -0.05) is 16.6 Å². The van der Waals surface area contributed by atoms with Crippen molar-refractivity contribution in [1.29, 1.82) is 0 Å². The Morgan fingerprint density at radius 1 is 1.07 bits per heavy atom. The fraction of sp³-hybridized carbons (Fsp3) is 0.100. The van der Waals surface area contributed by atoms with Crippen LogP contribution in [-0.4, -0.2) is 20.5 Å². The van der Waals surface area contributed by atoms with Crippen LogP contribution in [0, 0.1) is 6.92 Å². The van der Waals surface area contributed by atoms with Crippen molar-refractivity contribution in [2.24, 2.45) is 0 Å². The number of amides is 1. The number of benzene rings is 2. The summed E-state index contributed by atoms with van der Waals surface area (Å²) in [4.78, 5) is 18.1. The highest BCUT2D eigenvalue weighted by Gasteiger charge is 2.08. The Hall–Kier alpha value is -2.55. The second kappa shape index (κ2) is 8.64. The number of anilines is 1. The highest BCUT2D eigenvalue weighted by atomic mass is 32.2. The highest BCUT2D eigenvalue weighted by molar-refractivity contribution is 7.98. The van der Waals surface area contributed by atoms with Gasteiger partial charge in [-0.15, -0.1) is 28.2 Å². The van der Waals surface area contributed by atoms with E-state index in [1.165, 1.54) is 11.5 Å². The largest absolute Gasteiger partial charge is 0.322 e. The SMILES string of the molecule is Cc1nc(CSc2ccc(C(=O)Nc3ccc(-c4csnn4)cc3)cc2)cs1. The van der Waals surface area contributed by atoms with Crippen LogP contribution in [0.25, 0.3) is 11.3 Å². The van der Waals surface area contributed by atoms with Gasteiger partial charge in [0.2, 0.25) is 0 Å². The summed E-state index contributed by atoms with van der Waals surface area (Å²) in [5, 5.41) is 12.0. The number of hydrogen-bond donors (Lipinski definition) is 1. The van der Waals surface area contributed by atoms with E-state index < -0.39 is 0 Å². The number of nitrogens with zero attached hydrogens (tertiary/aromatic N) is 3.